The number of hydrogen-bond donors (Lipinski definition) is 1. The number of carbonyl (C=O) groups excluding carboxylic acids is 2. The Kier molecular flexibility index (Phi) is 7.88. The summed E-state index contributed by atoms with van der Waals surface area (Å²) in [7, 11) is 0. The number of ketones is 1. The summed E-state index contributed by atoms with van der Waals surface area (Å²) < 4.78 is 7.36. The van der Waals surface area contributed by atoms with Crippen LogP contribution in [0.25, 0.3) is 0 Å². The van der Waals surface area contributed by atoms with Crippen molar-refractivity contribution in [3.8, 4) is 5.75 Å². The van der Waals surface area contributed by atoms with Crippen molar-refractivity contribution in [1.82, 2.24) is 14.9 Å². The third-order valence-corrected chi connectivity index (χ3v) is 4.74. The standard InChI is InChI=1S/C19H21Cl2N3O3/c1-3-13(2)19(26)14-5-6-15(18(21)17(14)20)27-11-16(25)23-7-4-9-24-10-8-22-12-24/h5-6,8,10,12H,2-4,7,9,11H2,1H3,(H,23,25). The van der Waals surface area contributed by atoms with Gasteiger partial charge in [-0.25, -0.2) is 4.98 Å². The summed E-state index contributed by atoms with van der Waals surface area (Å²) in [6.07, 6.45) is 6.58. The van der Waals surface area contributed by atoms with Crippen LogP contribution in [0.5, 0.6) is 5.75 Å². The highest BCUT2D eigenvalue weighted by Gasteiger charge is 2.18. The van der Waals surface area contributed by atoms with E-state index in [1.807, 2.05) is 17.7 Å². The monoisotopic (exact) mass is 409 g/mol. The zero-order valence-electron chi connectivity index (χ0n) is 15.0. The molecule has 0 aliphatic carbocycles. The third-order valence-electron chi connectivity index (χ3n) is 3.87. The number of amides is 1. The maximum absolute atomic E-state index is 12.2. The van der Waals surface area contributed by atoms with E-state index >= 15 is 0 Å². The molecule has 0 saturated carbocycles. The summed E-state index contributed by atoms with van der Waals surface area (Å²) in [5.41, 5.74) is 0.710. The summed E-state index contributed by atoms with van der Waals surface area (Å²) in [6.45, 7) is 6.63. The molecule has 2 aromatic rings. The van der Waals surface area contributed by atoms with Gasteiger partial charge in [-0.2, -0.15) is 0 Å². The number of Topliss-reactive ketones (excluding diaryl/α,β-unsaturated/α-hetero) is 1. The Morgan fingerprint density at radius 1 is 1.30 bits per heavy atom. The lowest BCUT2D eigenvalue weighted by molar-refractivity contribution is -0.123. The number of allylic oxidation sites excluding steroid dienone is 1. The number of carbonyl (C=O) groups is 2. The van der Waals surface area contributed by atoms with Crippen LogP contribution in [0, 0.1) is 0 Å². The number of nitrogens with zero attached hydrogens (tertiary/aromatic N) is 2. The molecule has 144 valence electrons. The van der Waals surface area contributed by atoms with Crippen LogP contribution >= 0.6 is 23.2 Å². The first kappa shape index (κ1) is 21.0. The molecule has 1 aromatic heterocycles. The summed E-state index contributed by atoms with van der Waals surface area (Å²) >= 11 is 12.4. The van der Waals surface area contributed by atoms with Crippen molar-refractivity contribution >= 4 is 34.9 Å². The number of imidazole rings is 1. The van der Waals surface area contributed by atoms with Crippen molar-refractivity contribution in [3.63, 3.8) is 0 Å². The number of aryl methyl sites for hydroxylation is 1. The first-order chi connectivity index (χ1) is 12.9. The van der Waals surface area contributed by atoms with Crippen LogP contribution < -0.4 is 10.1 Å². The van der Waals surface area contributed by atoms with Crippen molar-refractivity contribution < 1.29 is 14.3 Å². The quantitative estimate of drug-likeness (QED) is 0.366. The van der Waals surface area contributed by atoms with Crippen molar-refractivity contribution in [3.05, 3.63) is 58.6 Å². The molecule has 8 heteroatoms. The Hall–Kier alpha value is -2.31. The zero-order chi connectivity index (χ0) is 19.8. The van der Waals surface area contributed by atoms with Crippen LogP contribution in [0.1, 0.15) is 30.1 Å². The van der Waals surface area contributed by atoms with Gasteiger partial charge < -0.3 is 14.6 Å². The average molecular weight is 410 g/mol. The van der Waals surface area contributed by atoms with Gasteiger partial charge in [0, 0.05) is 31.0 Å². The van der Waals surface area contributed by atoms with E-state index in [0.717, 1.165) is 13.0 Å². The van der Waals surface area contributed by atoms with Gasteiger partial charge in [0.2, 0.25) is 0 Å². The Labute approximate surface area is 168 Å². The molecule has 1 aromatic carbocycles. The highest BCUT2D eigenvalue weighted by atomic mass is 35.5. The molecule has 27 heavy (non-hydrogen) atoms. The summed E-state index contributed by atoms with van der Waals surface area (Å²) in [5.74, 6) is -0.284. The average Bonchev–Trinajstić information content (AvgIpc) is 3.18. The number of nitrogens with one attached hydrogen (secondary N) is 1. The van der Waals surface area contributed by atoms with Gasteiger partial charge in [-0.3, -0.25) is 9.59 Å². The number of hydrogen-bond acceptors (Lipinski definition) is 4. The van der Waals surface area contributed by atoms with Crippen LogP contribution in [0.2, 0.25) is 10.0 Å². The number of ether oxygens (including phenoxy) is 1. The lowest BCUT2D eigenvalue weighted by Crippen LogP contribution is -2.30. The van der Waals surface area contributed by atoms with Gasteiger partial charge in [-0.15, -0.1) is 0 Å². The second-order valence-corrected chi connectivity index (χ2v) is 6.57. The minimum Gasteiger partial charge on any atom is -0.482 e. The molecule has 0 unspecified atom stereocenters. The minimum absolute atomic E-state index is 0.0921. The number of rotatable bonds is 10. The van der Waals surface area contributed by atoms with E-state index < -0.39 is 0 Å². The van der Waals surface area contributed by atoms with E-state index in [4.69, 9.17) is 27.9 Å². The molecule has 0 fully saturated rings. The molecule has 0 aliphatic rings. The van der Waals surface area contributed by atoms with Crippen LogP contribution in [0.3, 0.4) is 0 Å². The highest BCUT2D eigenvalue weighted by Crippen LogP contribution is 2.35. The number of halogens is 2. The molecule has 0 spiro atoms. The third kappa shape index (κ3) is 5.84. The van der Waals surface area contributed by atoms with Crippen molar-refractivity contribution in [2.75, 3.05) is 13.2 Å². The highest BCUT2D eigenvalue weighted by molar-refractivity contribution is 6.45. The molecule has 0 aliphatic heterocycles. The molecule has 6 nitrogen and oxygen atoms in total. The van der Waals surface area contributed by atoms with Crippen LogP contribution in [-0.4, -0.2) is 34.4 Å². The summed E-state index contributed by atoms with van der Waals surface area (Å²) in [6, 6.07) is 3.05. The summed E-state index contributed by atoms with van der Waals surface area (Å²) in [5, 5.41) is 2.95. The number of aromatic nitrogens is 2. The van der Waals surface area contributed by atoms with Gasteiger partial charge in [0.05, 0.1) is 11.3 Å². The van der Waals surface area contributed by atoms with Crippen LogP contribution in [0.15, 0.2) is 43.0 Å². The van der Waals surface area contributed by atoms with E-state index in [9.17, 15) is 9.59 Å². The van der Waals surface area contributed by atoms with E-state index in [0.29, 0.717) is 18.5 Å². The Morgan fingerprint density at radius 2 is 2.07 bits per heavy atom. The SMILES string of the molecule is C=C(CC)C(=O)c1ccc(OCC(=O)NCCCn2ccnc2)c(Cl)c1Cl. The van der Waals surface area contributed by atoms with Crippen molar-refractivity contribution in [2.24, 2.45) is 0 Å². The second kappa shape index (κ2) is 10.1. The van der Waals surface area contributed by atoms with Gasteiger partial charge in [0.25, 0.3) is 5.91 Å². The molecule has 1 amide bonds. The first-order valence-electron chi connectivity index (χ1n) is 8.49. The van der Waals surface area contributed by atoms with Crippen LogP contribution in [-0.2, 0) is 11.3 Å². The van der Waals surface area contributed by atoms with E-state index in [1.165, 1.54) is 12.1 Å². The second-order valence-electron chi connectivity index (χ2n) is 5.82. The van der Waals surface area contributed by atoms with Gasteiger partial charge in [0.15, 0.2) is 12.4 Å². The maximum atomic E-state index is 12.2. The van der Waals surface area contributed by atoms with Gasteiger partial charge >= 0.3 is 0 Å². The Morgan fingerprint density at radius 3 is 2.74 bits per heavy atom. The van der Waals surface area contributed by atoms with Gasteiger partial charge in [-0.1, -0.05) is 36.7 Å². The predicted octanol–water partition coefficient (Wildman–Crippen LogP) is 3.92. The van der Waals surface area contributed by atoms with Crippen LogP contribution in [0.4, 0.5) is 0 Å². The molecule has 0 bridgehead atoms. The van der Waals surface area contributed by atoms with Crippen molar-refractivity contribution in [2.45, 2.75) is 26.3 Å². The summed E-state index contributed by atoms with van der Waals surface area (Å²) in [4.78, 5) is 28.0. The molecule has 0 radical (unpaired) electrons. The Bertz CT molecular complexity index is 820. The topological polar surface area (TPSA) is 73.2 Å². The molecule has 0 atom stereocenters. The number of benzene rings is 1. The molecular weight excluding hydrogens is 389 g/mol. The molecular formula is C19H21Cl2N3O3. The van der Waals surface area contributed by atoms with E-state index in [-0.39, 0.29) is 39.7 Å². The smallest absolute Gasteiger partial charge is 0.257 e. The molecule has 2 rings (SSSR count). The van der Waals surface area contributed by atoms with Gasteiger partial charge in [0.1, 0.15) is 10.8 Å². The van der Waals surface area contributed by atoms with Crippen molar-refractivity contribution in [1.29, 1.82) is 0 Å². The fourth-order valence-corrected chi connectivity index (χ4v) is 2.73. The fourth-order valence-electron chi connectivity index (χ4n) is 2.27. The van der Waals surface area contributed by atoms with E-state index in [1.54, 1.807) is 12.5 Å². The fraction of sp³-hybridized carbons (Fsp3) is 0.316. The van der Waals surface area contributed by atoms with Gasteiger partial charge in [-0.05, 0) is 30.5 Å². The maximum Gasteiger partial charge on any atom is 0.257 e. The molecule has 1 heterocycles. The molecule has 0 saturated heterocycles. The largest absolute Gasteiger partial charge is 0.482 e. The lowest BCUT2D eigenvalue weighted by Gasteiger charge is -2.12. The zero-order valence-corrected chi connectivity index (χ0v) is 16.5. The lowest BCUT2D eigenvalue weighted by atomic mass is 10.0. The predicted molar refractivity (Wildman–Crippen MR) is 106 cm³/mol. The van der Waals surface area contributed by atoms with E-state index in [2.05, 4.69) is 16.9 Å². The minimum atomic E-state index is -0.271. The molecule has 1 N–H and O–H groups in total. The Balaban J connectivity index is 1.84. The first-order valence-corrected chi connectivity index (χ1v) is 9.25. The normalized spacial score (nSPS) is 10.5.